The highest BCUT2D eigenvalue weighted by Crippen LogP contribution is 2.20. The maximum absolute atomic E-state index is 5.34. The van der Waals surface area contributed by atoms with Gasteiger partial charge in [-0.15, -0.1) is 5.10 Å². The fourth-order valence-electron chi connectivity index (χ4n) is 2.98. The van der Waals surface area contributed by atoms with Crippen molar-refractivity contribution in [1.82, 2.24) is 25.2 Å². The molecule has 0 spiro atoms. The van der Waals surface area contributed by atoms with E-state index < -0.39 is 0 Å². The zero-order chi connectivity index (χ0) is 16.8. The van der Waals surface area contributed by atoms with Crippen molar-refractivity contribution in [2.75, 3.05) is 38.8 Å². The van der Waals surface area contributed by atoms with E-state index in [1.165, 1.54) is 0 Å². The molecule has 0 bridgehead atoms. The first kappa shape index (κ1) is 16.8. The number of ether oxygens (including phenoxy) is 1. The van der Waals surface area contributed by atoms with Crippen LogP contribution >= 0.6 is 0 Å². The molecule has 1 fully saturated rings. The van der Waals surface area contributed by atoms with Crippen LogP contribution in [0.25, 0.3) is 0 Å². The van der Waals surface area contributed by atoms with Crippen molar-refractivity contribution in [2.45, 2.75) is 31.8 Å². The van der Waals surface area contributed by atoms with E-state index in [9.17, 15) is 0 Å². The molecular weight excluding hydrogens is 308 g/mol. The minimum Gasteiger partial charge on any atom is -0.384 e. The lowest BCUT2D eigenvalue weighted by molar-refractivity contribution is 0.183. The van der Waals surface area contributed by atoms with Gasteiger partial charge in [0, 0.05) is 38.9 Å². The van der Waals surface area contributed by atoms with Crippen LogP contribution in [0.1, 0.15) is 24.6 Å². The fourth-order valence-corrected chi connectivity index (χ4v) is 2.98. The van der Waals surface area contributed by atoms with Crippen molar-refractivity contribution >= 4 is 5.82 Å². The van der Waals surface area contributed by atoms with Gasteiger partial charge in [0.1, 0.15) is 0 Å². The first-order chi connectivity index (χ1) is 11.8. The average molecular weight is 332 g/mol. The molecule has 1 aliphatic heterocycles. The van der Waals surface area contributed by atoms with Crippen LogP contribution in [0.2, 0.25) is 0 Å². The SMILES string of the molecule is COCCc1noc(CN(C)[C@H]2CCCN(c3cccnn3)C2)n1. The molecule has 130 valence electrons. The van der Waals surface area contributed by atoms with Crippen molar-refractivity contribution in [3.63, 3.8) is 0 Å². The highest BCUT2D eigenvalue weighted by molar-refractivity contribution is 5.37. The number of methoxy groups -OCH3 is 1. The van der Waals surface area contributed by atoms with Gasteiger partial charge in [-0.3, -0.25) is 4.90 Å². The summed E-state index contributed by atoms with van der Waals surface area (Å²) in [6, 6.07) is 4.36. The monoisotopic (exact) mass is 332 g/mol. The Morgan fingerprint density at radius 2 is 2.38 bits per heavy atom. The highest BCUT2D eigenvalue weighted by atomic mass is 16.5. The summed E-state index contributed by atoms with van der Waals surface area (Å²) in [5.41, 5.74) is 0. The van der Waals surface area contributed by atoms with Gasteiger partial charge in [-0.1, -0.05) is 5.16 Å². The highest BCUT2D eigenvalue weighted by Gasteiger charge is 2.25. The summed E-state index contributed by atoms with van der Waals surface area (Å²) in [7, 11) is 3.77. The van der Waals surface area contributed by atoms with Gasteiger partial charge in [0.25, 0.3) is 0 Å². The molecule has 8 heteroatoms. The first-order valence-corrected chi connectivity index (χ1v) is 8.29. The summed E-state index contributed by atoms with van der Waals surface area (Å²) < 4.78 is 10.4. The summed E-state index contributed by atoms with van der Waals surface area (Å²) in [5.74, 6) is 2.29. The molecule has 2 aromatic rings. The molecule has 0 aromatic carbocycles. The Balaban J connectivity index is 1.56. The van der Waals surface area contributed by atoms with Crippen LogP contribution in [0, 0.1) is 0 Å². The molecule has 24 heavy (non-hydrogen) atoms. The second-order valence-corrected chi connectivity index (χ2v) is 6.09. The molecule has 1 saturated heterocycles. The number of hydrogen-bond acceptors (Lipinski definition) is 8. The number of anilines is 1. The van der Waals surface area contributed by atoms with Crippen molar-refractivity contribution in [3.05, 3.63) is 30.0 Å². The van der Waals surface area contributed by atoms with Gasteiger partial charge in [-0.05, 0) is 32.0 Å². The first-order valence-electron chi connectivity index (χ1n) is 8.29. The van der Waals surface area contributed by atoms with Gasteiger partial charge in [-0.25, -0.2) is 0 Å². The van der Waals surface area contributed by atoms with Gasteiger partial charge in [0.15, 0.2) is 11.6 Å². The van der Waals surface area contributed by atoms with E-state index in [0.29, 0.717) is 37.3 Å². The molecule has 0 amide bonds. The third-order valence-electron chi connectivity index (χ3n) is 4.33. The average Bonchev–Trinajstić information content (AvgIpc) is 3.08. The van der Waals surface area contributed by atoms with Crippen molar-refractivity contribution in [3.8, 4) is 0 Å². The lowest BCUT2D eigenvalue weighted by atomic mass is 10.0. The molecule has 8 nitrogen and oxygen atoms in total. The third-order valence-corrected chi connectivity index (χ3v) is 4.33. The van der Waals surface area contributed by atoms with E-state index >= 15 is 0 Å². The van der Waals surface area contributed by atoms with E-state index in [4.69, 9.17) is 9.26 Å². The number of aromatic nitrogens is 4. The zero-order valence-electron chi connectivity index (χ0n) is 14.3. The van der Waals surface area contributed by atoms with Gasteiger partial charge in [0.05, 0.1) is 13.2 Å². The standard InChI is InChI=1S/C16H24N6O2/c1-21(12-16-18-14(20-24-16)7-10-23-2)13-5-4-9-22(11-13)15-6-3-8-17-19-15/h3,6,8,13H,4-5,7,9-12H2,1-2H3/t13-/m0/s1. The fraction of sp³-hybridized carbons (Fsp3) is 0.625. The van der Waals surface area contributed by atoms with Crippen LogP contribution < -0.4 is 4.90 Å². The molecule has 2 aromatic heterocycles. The van der Waals surface area contributed by atoms with E-state index in [2.05, 4.69) is 37.2 Å². The molecule has 1 atom stereocenters. The molecule has 0 unspecified atom stereocenters. The number of rotatable bonds is 7. The minimum absolute atomic E-state index is 0.426. The molecule has 0 saturated carbocycles. The molecule has 1 aliphatic rings. The molecule has 3 rings (SSSR count). The molecule has 0 aliphatic carbocycles. The Labute approximate surface area is 141 Å². The summed E-state index contributed by atoms with van der Waals surface area (Å²) in [4.78, 5) is 8.99. The van der Waals surface area contributed by atoms with Gasteiger partial charge in [0.2, 0.25) is 5.89 Å². The Kier molecular flexibility index (Phi) is 5.71. The van der Waals surface area contributed by atoms with E-state index in [-0.39, 0.29) is 0 Å². The van der Waals surface area contributed by atoms with E-state index in [1.54, 1.807) is 13.3 Å². The minimum atomic E-state index is 0.426. The van der Waals surface area contributed by atoms with Crippen LogP contribution in [0.4, 0.5) is 5.82 Å². The van der Waals surface area contributed by atoms with Gasteiger partial charge >= 0.3 is 0 Å². The van der Waals surface area contributed by atoms with Crippen LogP contribution in [0.15, 0.2) is 22.9 Å². The number of likely N-dealkylation sites (N-methyl/N-ethyl adjacent to an activating group) is 1. The van der Waals surface area contributed by atoms with E-state index in [1.807, 2.05) is 12.1 Å². The van der Waals surface area contributed by atoms with Gasteiger partial charge in [-0.2, -0.15) is 10.1 Å². The largest absolute Gasteiger partial charge is 0.384 e. The maximum Gasteiger partial charge on any atom is 0.240 e. The van der Waals surface area contributed by atoms with Gasteiger partial charge < -0.3 is 14.2 Å². The maximum atomic E-state index is 5.34. The zero-order valence-corrected chi connectivity index (χ0v) is 14.3. The second kappa shape index (κ2) is 8.16. The summed E-state index contributed by atoms with van der Waals surface area (Å²) in [6.45, 7) is 3.20. The quantitative estimate of drug-likeness (QED) is 0.747. The molecule has 0 N–H and O–H groups in total. The number of hydrogen-bond donors (Lipinski definition) is 0. The molecule has 0 radical (unpaired) electrons. The Bertz CT molecular complexity index is 620. The van der Waals surface area contributed by atoms with Crippen LogP contribution in [0.3, 0.4) is 0 Å². The third kappa shape index (κ3) is 4.27. The summed E-state index contributed by atoms with van der Waals surface area (Å²) in [5, 5.41) is 12.2. The Morgan fingerprint density at radius 3 is 3.17 bits per heavy atom. The normalized spacial score (nSPS) is 18.3. The summed E-state index contributed by atoms with van der Waals surface area (Å²) in [6.07, 6.45) is 4.66. The smallest absolute Gasteiger partial charge is 0.240 e. The second-order valence-electron chi connectivity index (χ2n) is 6.09. The van der Waals surface area contributed by atoms with Crippen molar-refractivity contribution < 1.29 is 9.26 Å². The predicted molar refractivity (Wildman–Crippen MR) is 88.6 cm³/mol. The predicted octanol–water partition coefficient (Wildman–Crippen LogP) is 1.15. The van der Waals surface area contributed by atoms with Crippen molar-refractivity contribution in [1.29, 1.82) is 0 Å². The van der Waals surface area contributed by atoms with Crippen molar-refractivity contribution in [2.24, 2.45) is 0 Å². The number of nitrogens with zero attached hydrogens (tertiary/aromatic N) is 6. The lowest BCUT2D eigenvalue weighted by Crippen LogP contribution is -2.46. The Hall–Kier alpha value is -2.06. The van der Waals surface area contributed by atoms with E-state index in [0.717, 1.165) is 31.7 Å². The summed E-state index contributed by atoms with van der Waals surface area (Å²) >= 11 is 0. The Morgan fingerprint density at radius 1 is 1.46 bits per heavy atom. The molecular formula is C16H24N6O2. The topological polar surface area (TPSA) is 80.4 Å². The lowest BCUT2D eigenvalue weighted by Gasteiger charge is -2.37. The number of piperidine rings is 1. The van der Waals surface area contributed by atoms with Crippen LogP contribution in [-0.4, -0.2) is 65.1 Å². The van der Waals surface area contributed by atoms with Crippen LogP contribution in [0.5, 0.6) is 0 Å². The van der Waals surface area contributed by atoms with Crippen LogP contribution in [-0.2, 0) is 17.7 Å². The molecule has 3 heterocycles.